The SMILES string of the molecule is CNCC1CCN(S(=O)(=O)CCc2ccccc2)C1. The van der Waals surface area contributed by atoms with Crippen LogP contribution in [0.1, 0.15) is 12.0 Å². The third-order valence-electron chi connectivity index (χ3n) is 3.63. The Morgan fingerprint density at radius 2 is 2.05 bits per heavy atom. The lowest BCUT2D eigenvalue weighted by Crippen LogP contribution is -2.32. The summed E-state index contributed by atoms with van der Waals surface area (Å²) in [6, 6.07) is 9.79. The van der Waals surface area contributed by atoms with E-state index in [-0.39, 0.29) is 5.75 Å². The monoisotopic (exact) mass is 282 g/mol. The van der Waals surface area contributed by atoms with Crippen LogP contribution in [-0.4, -0.2) is 45.2 Å². The van der Waals surface area contributed by atoms with Gasteiger partial charge in [-0.2, -0.15) is 0 Å². The van der Waals surface area contributed by atoms with Gasteiger partial charge in [0, 0.05) is 13.1 Å². The zero-order chi connectivity index (χ0) is 13.7. The molecule has 1 aliphatic heterocycles. The highest BCUT2D eigenvalue weighted by Crippen LogP contribution is 2.19. The zero-order valence-corrected chi connectivity index (χ0v) is 12.2. The first-order chi connectivity index (χ1) is 9.12. The molecule has 2 rings (SSSR count). The second-order valence-electron chi connectivity index (χ2n) is 5.12. The van der Waals surface area contributed by atoms with E-state index in [9.17, 15) is 8.42 Å². The van der Waals surface area contributed by atoms with Crippen molar-refractivity contribution < 1.29 is 8.42 Å². The first kappa shape index (κ1) is 14.5. The first-order valence-corrected chi connectivity index (χ1v) is 8.39. The van der Waals surface area contributed by atoms with E-state index in [0.717, 1.165) is 18.5 Å². The summed E-state index contributed by atoms with van der Waals surface area (Å²) in [5.74, 6) is 0.667. The molecule has 4 nitrogen and oxygen atoms in total. The molecule has 1 fully saturated rings. The maximum absolute atomic E-state index is 12.3. The average molecular weight is 282 g/mol. The highest BCUT2D eigenvalue weighted by atomic mass is 32.2. The lowest BCUT2D eigenvalue weighted by Gasteiger charge is -2.16. The van der Waals surface area contributed by atoms with Gasteiger partial charge in [-0.3, -0.25) is 0 Å². The Balaban J connectivity index is 1.89. The average Bonchev–Trinajstić information content (AvgIpc) is 2.88. The zero-order valence-electron chi connectivity index (χ0n) is 11.4. The van der Waals surface area contributed by atoms with Gasteiger partial charge in [-0.1, -0.05) is 30.3 Å². The van der Waals surface area contributed by atoms with Gasteiger partial charge in [0.2, 0.25) is 10.0 Å². The van der Waals surface area contributed by atoms with Crippen LogP contribution in [0.15, 0.2) is 30.3 Å². The number of benzene rings is 1. The standard InChI is InChI=1S/C14H22N2O2S/c1-15-11-14-7-9-16(12-14)19(17,18)10-8-13-5-3-2-4-6-13/h2-6,14-15H,7-12H2,1H3. The van der Waals surface area contributed by atoms with Crippen molar-refractivity contribution in [1.82, 2.24) is 9.62 Å². The smallest absolute Gasteiger partial charge is 0.214 e. The minimum atomic E-state index is -3.10. The number of sulfonamides is 1. The number of nitrogens with zero attached hydrogens (tertiary/aromatic N) is 1. The fraction of sp³-hybridized carbons (Fsp3) is 0.571. The molecule has 5 heteroatoms. The van der Waals surface area contributed by atoms with E-state index in [2.05, 4.69) is 5.32 Å². The minimum Gasteiger partial charge on any atom is -0.319 e. The summed E-state index contributed by atoms with van der Waals surface area (Å²) in [7, 11) is -1.19. The second kappa shape index (κ2) is 6.50. The van der Waals surface area contributed by atoms with Crippen molar-refractivity contribution >= 4 is 10.0 Å². The Hall–Kier alpha value is -0.910. The molecule has 1 atom stereocenters. The number of rotatable bonds is 6. The van der Waals surface area contributed by atoms with E-state index in [1.165, 1.54) is 0 Å². The fourth-order valence-electron chi connectivity index (χ4n) is 2.53. The van der Waals surface area contributed by atoms with Crippen molar-refractivity contribution in [3.05, 3.63) is 35.9 Å². The molecule has 0 radical (unpaired) electrons. The Bertz CT molecular complexity index is 487. The highest BCUT2D eigenvalue weighted by Gasteiger charge is 2.30. The van der Waals surface area contributed by atoms with Crippen molar-refractivity contribution in [2.75, 3.05) is 32.4 Å². The molecule has 1 saturated heterocycles. The number of hydrogen-bond acceptors (Lipinski definition) is 3. The van der Waals surface area contributed by atoms with Crippen molar-refractivity contribution in [1.29, 1.82) is 0 Å². The third kappa shape index (κ3) is 4.03. The first-order valence-electron chi connectivity index (χ1n) is 6.78. The van der Waals surface area contributed by atoms with E-state index in [4.69, 9.17) is 0 Å². The summed E-state index contributed by atoms with van der Waals surface area (Å²) in [6.45, 7) is 2.23. The van der Waals surface area contributed by atoms with Crippen LogP contribution in [0.3, 0.4) is 0 Å². The molecule has 0 amide bonds. The van der Waals surface area contributed by atoms with Crippen LogP contribution in [0.5, 0.6) is 0 Å². The Morgan fingerprint density at radius 1 is 1.32 bits per heavy atom. The molecule has 0 aliphatic carbocycles. The van der Waals surface area contributed by atoms with Gasteiger partial charge >= 0.3 is 0 Å². The molecule has 0 spiro atoms. The molecular formula is C14H22N2O2S. The van der Waals surface area contributed by atoms with Crippen molar-refractivity contribution in [2.45, 2.75) is 12.8 Å². The lowest BCUT2D eigenvalue weighted by atomic mass is 10.1. The largest absolute Gasteiger partial charge is 0.319 e. The van der Waals surface area contributed by atoms with Crippen LogP contribution in [0.2, 0.25) is 0 Å². The maximum Gasteiger partial charge on any atom is 0.214 e. The molecule has 1 heterocycles. The molecule has 1 aromatic rings. The summed E-state index contributed by atoms with van der Waals surface area (Å²) >= 11 is 0. The van der Waals surface area contributed by atoms with Crippen LogP contribution in [-0.2, 0) is 16.4 Å². The molecule has 1 N–H and O–H groups in total. The predicted octanol–water partition coefficient (Wildman–Crippen LogP) is 1.10. The maximum atomic E-state index is 12.3. The molecule has 19 heavy (non-hydrogen) atoms. The van der Waals surface area contributed by atoms with Crippen molar-refractivity contribution in [3.63, 3.8) is 0 Å². The Morgan fingerprint density at radius 3 is 2.74 bits per heavy atom. The van der Waals surface area contributed by atoms with Crippen LogP contribution >= 0.6 is 0 Å². The Labute approximate surface area is 115 Å². The summed E-state index contributed by atoms with van der Waals surface area (Å²) in [4.78, 5) is 0. The van der Waals surface area contributed by atoms with E-state index in [0.29, 0.717) is 25.4 Å². The quantitative estimate of drug-likeness (QED) is 0.850. The van der Waals surface area contributed by atoms with E-state index in [1.807, 2.05) is 37.4 Å². The van der Waals surface area contributed by atoms with Crippen molar-refractivity contribution in [2.24, 2.45) is 5.92 Å². The van der Waals surface area contributed by atoms with Gasteiger partial charge in [-0.25, -0.2) is 12.7 Å². The molecule has 0 aromatic heterocycles. The molecule has 0 bridgehead atoms. The summed E-state index contributed by atoms with van der Waals surface area (Å²) in [6.07, 6.45) is 1.56. The lowest BCUT2D eigenvalue weighted by molar-refractivity contribution is 0.451. The summed E-state index contributed by atoms with van der Waals surface area (Å²) < 4.78 is 26.2. The van der Waals surface area contributed by atoms with Gasteiger partial charge in [-0.05, 0) is 37.9 Å². The van der Waals surface area contributed by atoms with Gasteiger partial charge in [-0.15, -0.1) is 0 Å². The van der Waals surface area contributed by atoms with Crippen LogP contribution < -0.4 is 5.32 Å². The molecular weight excluding hydrogens is 260 g/mol. The highest BCUT2D eigenvalue weighted by molar-refractivity contribution is 7.89. The van der Waals surface area contributed by atoms with E-state index >= 15 is 0 Å². The summed E-state index contributed by atoms with van der Waals surface area (Å²) in [5.41, 5.74) is 1.08. The van der Waals surface area contributed by atoms with Crippen LogP contribution in [0.25, 0.3) is 0 Å². The summed E-state index contributed by atoms with van der Waals surface area (Å²) in [5, 5.41) is 3.12. The fourth-order valence-corrected chi connectivity index (χ4v) is 4.10. The molecule has 0 saturated carbocycles. The van der Waals surface area contributed by atoms with Gasteiger partial charge in [0.05, 0.1) is 5.75 Å². The van der Waals surface area contributed by atoms with E-state index < -0.39 is 10.0 Å². The number of hydrogen-bond donors (Lipinski definition) is 1. The van der Waals surface area contributed by atoms with Gasteiger partial charge in [0.15, 0.2) is 0 Å². The third-order valence-corrected chi connectivity index (χ3v) is 5.46. The minimum absolute atomic E-state index is 0.212. The van der Waals surface area contributed by atoms with Gasteiger partial charge in [0.1, 0.15) is 0 Å². The van der Waals surface area contributed by atoms with Crippen molar-refractivity contribution in [3.8, 4) is 0 Å². The molecule has 106 valence electrons. The number of aryl methyl sites for hydroxylation is 1. The molecule has 1 aromatic carbocycles. The number of nitrogens with one attached hydrogen (secondary N) is 1. The molecule has 1 aliphatic rings. The Kier molecular flexibility index (Phi) is 4.96. The predicted molar refractivity (Wildman–Crippen MR) is 77.5 cm³/mol. The topological polar surface area (TPSA) is 49.4 Å². The van der Waals surface area contributed by atoms with Gasteiger partial charge < -0.3 is 5.32 Å². The van der Waals surface area contributed by atoms with Gasteiger partial charge in [0.25, 0.3) is 0 Å². The van der Waals surface area contributed by atoms with Crippen LogP contribution in [0.4, 0.5) is 0 Å². The van der Waals surface area contributed by atoms with E-state index in [1.54, 1.807) is 4.31 Å². The second-order valence-corrected chi connectivity index (χ2v) is 7.21. The van der Waals surface area contributed by atoms with Crippen LogP contribution in [0, 0.1) is 5.92 Å². The normalized spacial score (nSPS) is 20.8. The molecule has 1 unspecified atom stereocenters.